The molecule has 20 heavy (non-hydrogen) atoms. The number of imidazole rings is 1. The van der Waals surface area contributed by atoms with Crippen molar-refractivity contribution in [1.29, 1.82) is 0 Å². The number of aryl methyl sites for hydroxylation is 2. The predicted octanol–water partition coefficient (Wildman–Crippen LogP) is 2.84. The van der Waals surface area contributed by atoms with Crippen LogP contribution in [0.4, 0.5) is 5.69 Å². The van der Waals surface area contributed by atoms with Crippen LogP contribution in [0.2, 0.25) is 0 Å². The number of aromatic amines is 1. The molecule has 0 fully saturated rings. The third-order valence-corrected chi connectivity index (χ3v) is 3.71. The smallest absolute Gasteiger partial charge is 0.188 e. The minimum Gasteiger partial charge on any atom is -0.399 e. The molecule has 5 nitrogen and oxygen atoms in total. The van der Waals surface area contributed by atoms with Gasteiger partial charge in [0.15, 0.2) is 5.16 Å². The molecule has 0 atom stereocenters. The molecule has 3 N–H and O–H groups in total. The lowest BCUT2D eigenvalue weighted by Crippen LogP contribution is -1.93. The van der Waals surface area contributed by atoms with Gasteiger partial charge in [-0.05, 0) is 38.1 Å². The molecule has 0 unspecified atom stereocenters. The number of nitrogens with zero attached hydrogens (tertiary/aromatic N) is 3. The summed E-state index contributed by atoms with van der Waals surface area (Å²) >= 11 is 1.57. The lowest BCUT2D eigenvalue weighted by molar-refractivity contribution is 0.900. The van der Waals surface area contributed by atoms with Crippen molar-refractivity contribution >= 4 is 28.5 Å². The van der Waals surface area contributed by atoms with Gasteiger partial charge in [0.1, 0.15) is 5.82 Å². The summed E-state index contributed by atoms with van der Waals surface area (Å²) in [7, 11) is 0. The summed E-state index contributed by atoms with van der Waals surface area (Å²) in [5.41, 5.74) is 10.3. The second-order valence-electron chi connectivity index (χ2n) is 4.68. The number of nitrogen functional groups attached to an aromatic ring is 1. The molecule has 0 amide bonds. The maximum Gasteiger partial charge on any atom is 0.188 e. The minimum absolute atomic E-state index is 0.706. The Morgan fingerprint density at radius 2 is 1.85 bits per heavy atom. The van der Waals surface area contributed by atoms with E-state index in [9.17, 15) is 0 Å². The van der Waals surface area contributed by atoms with Crippen molar-refractivity contribution in [3.63, 3.8) is 0 Å². The molecule has 0 aliphatic heterocycles. The minimum atomic E-state index is 0.706. The standard InChI is InChI=1S/C14H15N5S/c1-8-5-9(2)17-14(16-8)20-7-13-18-11-4-3-10(15)6-12(11)19-13/h3-6H,7,15H2,1-2H3,(H,18,19). The van der Waals surface area contributed by atoms with E-state index in [-0.39, 0.29) is 0 Å². The topological polar surface area (TPSA) is 80.5 Å². The van der Waals surface area contributed by atoms with E-state index in [1.165, 1.54) is 0 Å². The number of hydrogen-bond donors (Lipinski definition) is 2. The predicted molar refractivity (Wildman–Crippen MR) is 81.6 cm³/mol. The third kappa shape index (κ3) is 2.75. The summed E-state index contributed by atoms with van der Waals surface area (Å²) in [6, 6.07) is 7.63. The van der Waals surface area contributed by atoms with E-state index >= 15 is 0 Å². The molecule has 0 bridgehead atoms. The Morgan fingerprint density at radius 3 is 2.60 bits per heavy atom. The highest BCUT2D eigenvalue weighted by Crippen LogP contribution is 2.21. The fourth-order valence-corrected chi connectivity index (χ4v) is 2.86. The van der Waals surface area contributed by atoms with E-state index in [2.05, 4.69) is 19.9 Å². The number of nitrogens with two attached hydrogens (primary N) is 1. The van der Waals surface area contributed by atoms with Crippen LogP contribution in [0.3, 0.4) is 0 Å². The normalized spacial score (nSPS) is 11.1. The lowest BCUT2D eigenvalue weighted by atomic mass is 10.3. The molecule has 0 radical (unpaired) electrons. The van der Waals surface area contributed by atoms with Crippen molar-refractivity contribution in [3.8, 4) is 0 Å². The van der Waals surface area contributed by atoms with E-state index in [4.69, 9.17) is 5.73 Å². The average molecular weight is 285 g/mol. The summed E-state index contributed by atoms with van der Waals surface area (Å²) in [5.74, 6) is 1.61. The molecular formula is C14H15N5S. The van der Waals surface area contributed by atoms with Crippen LogP contribution in [0.15, 0.2) is 29.4 Å². The first kappa shape index (κ1) is 12.9. The van der Waals surface area contributed by atoms with Crippen molar-refractivity contribution in [1.82, 2.24) is 19.9 Å². The zero-order valence-corrected chi connectivity index (χ0v) is 12.2. The number of fused-ring (bicyclic) bond motifs is 1. The number of H-pyrrole nitrogens is 1. The molecule has 102 valence electrons. The number of aromatic nitrogens is 4. The van der Waals surface area contributed by atoms with Crippen LogP contribution >= 0.6 is 11.8 Å². The molecule has 1 aromatic carbocycles. The zero-order chi connectivity index (χ0) is 14.1. The van der Waals surface area contributed by atoms with Crippen LogP contribution < -0.4 is 5.73 Å². The van der Waals surface area contributed by atoms with Gasteiger partial charge in [0.25, 0.3) is 0 Å². The largest absolute Gasteiger partial charge is 0.399 e. The lowest BCUT2D eigenvalue weighted by Gasteiger charge is -2.01. The first-order valence-electron chi connectivity index (χ1n) is 6.29. The van der Waals surface area contributed by atoms with E-state index in [0.717, 1.165) is 39.1 Å². The SMILES string of the molecule is Cc1cc(C)nc(SCc2nc3ccc(N)cc3[nH]2)n1. The summed E-state index contributed by atoms with van der Waals surface area (Å²) < 4.78 is 0. The molecule has 3 aromatic rings. The van der Waals surface area contributed by atoms with E-state index in [1.807, 2.05) is 38.1 Å². The van der Waals surface area contributed by atoms with Gasteiger partial charge in [-0.15, -0.1) is 0 Å². The quantitative estimate of drug-likeness (QED) is 0.439. The Hall–Kier alpha value is -2.08. The van der Waals surface area contributed by atoms with Gasteiger partial charge in [0, 0.05) is 17.1 Å². The summed E-state index contributed by atoms with van der Waals surface area (Å²) in [4.78, 5) is 16.6. The van der Waals surface area contributed by atoms with Crippen LogP contribution in [-0.4, -0.2) is 19.9 Å². The molecule has 0 saturated carbocycles. The van der Waals surface area contributed by atoms with Crippen molar-refractivity contribution in [2.24, 2.45) is 0 Å². The Labute approximate surface area is 121 Å². The van der Waals surface area contributed by atoms with Crippen LogP contribution in [0, 0.1) is 13.8 Å². The van der Waals surface area contributed by atoms with Gasteiger partial charge in [-0.1, -0.05) is 11.8 Å². The van der Waals surface area contributed by atoms with Gasteiger partial charge in [-0.3, -0.25) is 0 Å². The number of benzene rings is 1. The van der Waals surface area contributed by atoms with E-state index < -0.39 is 0 Å². The molecular weight excluding hydrogens is 270 g/mol. The highest BCUT2D eigenvalue weighted by molar-refractivity contribution is 7.98. The second kappa shape index (κ2) is 5.13. The third-order valence-electron chi connectivity index (χ3n) is 2.85. The van der Waals surface area contributed by atoms with Crippen LogP contribution in [0.5, 0.6) is 0 Å². The average Bonchev–Trinajstić information content (AvgIpc) is 2.77. The van der Waals surface area contributed by atoms with Gasteiger partial charge in [0.2, 0.25) is 0 Å². The van der Waals surface area contributed by atoms with Crippen molar-refractivity contribution in [2.75, 3.05) is 5.73 Å². The van der Waals surface area contributed by atoms with Gasteiger partial charge in [-0.25, -0.2) is 15.0 Å². The first-order chi connectivity index (χ1) is 9.60. The Kier molecular flexibility index (Phi) is 3.31. The van der Waals surface area contributed by atoms with Gasteiger partial charge >= 0.3 is 0 Å². The molecule has 0 aliphatic rings. The zero-order valence-electron chi connectivity index (χ0n) is 11.3. The maximum atomic E-state index is 5.76. The summed E-state index contributed by atoms with van der Waals surface area (Å²) in [6.07, 6.45) is 0. The Balaban J connectivity index is 1.79. The highest BCUT2D eigenvalue weighted by Gasteiger charge is 2.06. The molecule has 0 spiro atoms. The first-order valence-corrected chi connectivity index (χ1v) is 7.28. The number of anilines is 1. The molecule has 2 aromatic heterocycles. The monoisotopic (exact) mass is 285 g/mol. The number of rotatable bonds is 3. The molecule has 3 rings (SSSR count). The van der Waals surface area contributed by atoms with Crippen molar-refractivity contribution in [3.05, 3.63) is 41.5 Å². The van der Waals surface area contributed by atoms with Gasteiger partial charge in [0.05, 0.1) is 16.8 Å². The van der Waals surface area contributed by atoms with Crippen molar-refractivity contribution in [2.45, 2.75) is 24.8 Å². The number of hydrogen-bond acceptors (Lipinski definition) is 5. The Morgan fingerprint density at radius 1 is 1.10 bits per heavy atom. The molecule has 0 saturated heterocycles. The maximum absolute atomic E-state index is 5.76. The van der Waals surface area contributed by atoms with Crippen molar-refractivity contribution < 1.29 is 0 Å². The second-order valence-corrected chi connectivity index (χ2v) is 5.62. The number of nitrogens with one attached hydrogen (secondary N) is 1. The Bertz CT molecular complexity index is 745. The van der Waals surface area contributed by atoms with E-state index in [0.29, 0.717) is 5.75 Å². The molecule has 2 heterocycles. The fraction of sp³-hybridized carbons (Fsp3) is 0.214. The van der Waals surface area contributed by atoms with Gasteiger partial charge in [-0.2, -0.15) is 0 Å². The number of thioether (sulfide) groups is 1. The molecule has 0 aliphatic carbocycles. The highest BCUT2D eigenvalue weighted by atomic mass is 32.2. The van der Waals surface area contributed by atoms with Crippen LogP contribution in [0.25, 0.3) is 11.0 Å². The molecule has 6 heteroatoms. The van der Waals surface area contributed by atoms with E-state index in [1.54, 1.807) is 11.8 Å². The van der Waals surface area contributed by atoms with Crippen LogP contribution in [-0.2, 0) is 5.75 Å². The fourth-order valence-electron chi connectivity index (χ4n) is 2.04. The van der Waals surface area contributed by atoms with Gasteiger partial charge < -0.3 is 10.7 Å². The summed E-state index contributed by atoms with van der Waals surface area (Å²) in [5, 5.41) is 0.780. The summed E-state index contributed by atoms with van der Waals surface area (Å²) in [6.45, 7) is 3.95. The van der Waals surface area contributed by atoms with Crippen LogP contribution in [0.1, 0.15) is 17.2 Å².